The first-order valence-electron chi connectivity index (χ1n) is 7.81. The summed E-state index contributed by atoms with van der Waals surface area (Å²) in [6, 6.07) is 0.173. The Morgan fingerprint density at radius 3 is 2.55 bits per heavy atom. The number of amides is 2. The summed E-state index contributed by atoms with van der Waals surface area (Å²) in [5.41, 5.74) is -0.248. The molecule has 7 heteroatoms. The maximum atomic E-state index is 11.8. The first-order chi connectivity index (χ1) is 10.2. The summed E-state index contributed by atoms with van der Waals surface area (Å²) in [5.74, 6) is 0.682. The second kappa shape index (κ2) is 8.00. The molecule has 1 rings (SSSR count). The minimum Gasteiger partial charge on any atom is -0.352 e. The van der Waals surface area contributed by atoms with Gasteiger partial charge in [-0.05, 0) is 27.2 Å². The first-order valence-corrected chi connectivity index (χ1v) is 7.81. The quantitative estimate of drug-likeness (QED) is 0.507. The normalized spacial score (nSPS) is 19.0. The monoisotopic (exact) mass is 311 g/mol. The van der Waals surface area contributed by atoms with Gasteiger partial charge in [-0.1, -0.05) is 6.92 Å². The topological polar surface area (TPSA) is 85.8 Å². The molecule has 1 aliphatic heterocycles. The maximum Gasteiger partial charge on any atom is 0.239 e. The van der Waals surface area contributed by atoms with Gasteiger partial charge >= 0.3 is 0 Å². The zero-order chi connectivity index (χ0) is 16.8. The van der Waals surface area contributed by atoms with Crippen molar-refractivity contribution in [2.75, 3.05) is 26.7 Å². The van der Waals surface area contributed by atoms with Gasteiger partial charge in [-0.3, -0.25) is 14.6 Å². The number of rotatable bonds is 4. The fraction of sp³-hybridized carbons (Fsp3) is 0.800. The maximum absolute atomic E-state index is 11.8. The van der Waals surface area contributed by atoms with Crippen molar-refractivity contribution < 1.29 is 9.59 Å². The first kappa shape index (κ1) is 18.3. The zero-order valence-corrected chi connectivity index (χ0v) is 14.3. The van der Waals surface area contributed by atoms with E-state index in [2.05, 4.69) is 20.9 Å². The van der Waals surface area contributed by atoms with Gasteiger partial charge in [0.25, 0.3) is 0 Å². The predicted molar refractivity (Wildman–Crippen MR) is 87.7 cm³/mol. The van der Waals surface area contributed by atoms with Gasteiger partial charge in [-0.25, -0.2) is 0 Å². The van der Waals surface area contributed by atoms with Crippen molar-refractivity contribution in [2.24, 2.45) is 4.99 Å². The molecule has 2 amide bonds. The van der Waals surface area contributed by atoms with Crippen LogP contribution >= 0.6 is 0 Å². The lowest BCUT2D eigenvalue weighted by molar-refractivity contribution is -0.129. The van der Waals surface area contributed by atoms with Gasteiger partial charge in [-0.15, -0.1) is 0 Å². The van der Waals surface area contributed by atoms with E-state index in [9.17, 15) is 9.59 Å². The van der Waals surface area contributed by atoms with E-state index in [4.69, 9.17) is 0 Å². The molecule has 0 radical (unpaired) electrons. The van der Waals surface area contributed by atoms with Crippen LogP contribution < -0.4 is 16.0 Å². The highest BCUT2D eigenvalue weighted by molar-refractivity contribution is 5.87. The number of hydrogen-bond acceptors (Lipinski definition) is 3. The number of hydrogen-bond donors (Lipinski definition) is 3. The van der Waals surface area contributed by atoms with Crippen molar-refractivity contribution in [3.05, 3.63) is 0 Å². The molecule has 1 heterocycles. The molecule has 0 bridgehead atoms. The van der Waals surface area contributed by atoms with E-state index in [1.165, 1.54) is 0 Å². The minimum absolute atomic E-state index is 0.0790. The molecule has 22 heavy (non-hydrogen) atoms. The van der Waals surface area contributed by atoms with Crippen molar-refractivity contribution in [1.29, 1.82) is 0 Å². The van der Waals surface area contributed by atoms with Crippen LogP contribution in [0.4, 0.5) is 0 Å². The molecule has 1 atom stereocenters. The molecule has 0 aromatic carbocycles. The zero-order valence-electron chi connectivity index (χ0n) is 14.3. The third-order valence-electron chi connectivity index (χ3n) is 3.34. The van der Waals surface area contributed by atoms with E-state index in [-0.39, 0.29) is 29.9 Å². The lowest BCUT2D eigenvalue weighted by Gasteiger charge is -2.22. The molecule has 1 fully saturated rings. The Morgan fingerprint density at radius 2 is 2.00 bits per heavy atom. The lowest BCUT2D eigenvalue weighted by atomic mass is 10.1. The average Bonchev–Trinajstić information content (AvgIpc) is 2.89. The van der Waals surface area contributed by atoms with Crippen LogP contribution in [0.15, 0.2) is 4.99 Å². The number of nitrogens with zero attached hydrogens (tertiary/aromatic N) is 2. The van der Waals surface area contributed by atoms with Crippen molar-refractivity contribution in [3.63, 3.8) is 0 Å². The molecule has 0 aromatic rings. The van der Waals surface area contributed by atoms with Crippen molar-refractivity contribution in [1.82, 2.24) is 20.9 Å². The molecule has 0 aliphatic carbocycles. The minimum atomic E-state index is -0.248. The van der Waals surface area contributed by atoms with Crippen LogP contribution in [0.25, 0.3) is 0 Å². The third-order valence-corrected chi connectivity index (χ3v) is 3.34. The Balaban J connectivity index is 2.38. The van der Waals surface area contributed by atoms with Gasteiger partial charge in [-0.2, -0.15) is 0 Å². The molecule has 3 N–H and O–H groups in total. The van der Waals surface area contributed by atoms with E-state index in [0.29, 0.717) is 18.9 Å². The highest BCUT2D eigenvalue weighted by atomic mass is 16.2. The largest absolute Gasteiger partial charge is 0.352 e. The summed E-state index contributed by atoms with van der Waals surface area (Å²) in [4.78, 5) is 29.4. The summed E-state index contributed by atoms with van der Waals surface area (Å²) in [6.07, 6.45) is 1.42. The van der Waals surface area contributed by atoms with Crippen LogP contribution in [0.1, 0.15) is 40.5 Å². The number of carbonyl (C=O) groups is 2. The number of guanidine groups is 1. The standard InChI is InChI=1S/C15H29N5O2/c1-6-13(22)20-8-7-11(10-20)18-14(16-5)17-9-12(21)19-15(2,3)4/h11H,6-10H2,1-5H3,(H,19,21)(H2,16,17,18). The summed E-state index contributed by atoms with van der Waals surface area (Å²) in [5, 5.41) is 9.14. The van der Waals surface area contributed by atoms with E-state index >= 15 is 0 Å². The molecule has 1 unspecified atom stereocenters. The fourth-order valence-electron chi connectivity index (χ4n) is 2.34. The molecule has 0 saturated carbocycles. The van der Waals surface area contributed by atoms with Gasteiger partial charge in [0.15, 0.2) is 5.96 Å². The van der Waals surface area contributed by atoms with Crippen LogP contribution in [-0.2, 0) is 9.59 Å². The van der Waals surface area contributed by atoms with Crippen LogP contribution in [0.5, 0.6) is 0 Å². The SMILES string of the molecule is CCC(=O)N1CCC(NC(=NC)NCC(=O)NC(C)(C)C)C1. The summed E-state index contributed by atoms with van der Waals surface area (Å²) >= 11 is 0. The summed E-state index contributed by atoms with van der Waals surface area (Å²) < 4.78 is 0. The van der Waals surface area contributed by atoms with E-state index in [1.807, 2.05) is 32.6 Å². The number of likely N-dealkylation sites (tertiary alicyclic amines) is 1. The predicted octanol–water partition coefficient (Wildman–Crippen LogP) is 0.0770. The van der Waals surface area contributed by atoms with Crippen LogP contribution in [-0.4, -0.2) is 60.9 Å². The Kier molecular flexibility index (Phi) is 6.64. The molecular weight excluding hydrogens is 282 g/mol. The van der Waals surface area contributed by atoms with Crippen LogP contribution in [0, 0.1) is 0 Å². The third kappa shape index (κ3) is 6.32. The second-order valence-corrected chi connectivity index (χ2v) is 6.55. The van der Waals surface area contributed by atoms with Crippen molar-refractivity contribution in [3.8, 4) is 0 Å². The molecule has 1 saturated heterocycles. The van der Waals surface area contributed by atoms with Crippen LogP contribution in [0.2, 0.25) is 0 Å². The smallest absolute Gasteiger partial charge is 0.239 e. The van der Waals surface area contributed by atoms with Gasteiger partial charge in [0.2, 0.25) is 11.8 Å². The number of aliphatic imine (C=N–C) groups is 1. The van der Waals surface area contributed by atoms with Gasteiger partial charge in [0.05, 0.1) is 6.54 Å². The average molecular weight is 311 g/mol. The van der Waals surface area contributed by atoms with Gasteiger partial charge in [0.1, 0.15) is 0 Å². The fourth-order valence-corrected chi connectivity index (χ4v) is 2.34. The number of carbonyl (C=O) groups excluding carboxylic acids is 2. The summed E-state index contributed by atoms with van der Waals surface area (Å²) in [6.45, 7) is 9.31. The summed E-state index contributed by atoms with van der Waals surface area (Å²) in [7, 11) is 1.67. The van der Waals surface area contributed by atoms with Crippen molar-refractivity contribution in [2.45, 2.75) is 52.1 Å². The highest BCUT2D eigenvalue weighted by Crippen LogP contribution is 2.10. The number of nitrogens with one attached hydrogen (secondary N) is 3. The van der Waals surface area contributed by atoms with E-state index in [1.54, 1.807) is 7.05 Å². The van der Waals surface area contributed by atoms with Crippen LogP contribution in [0.3, 0.4) is 0 Å². The molecule has 1 aliphatic rings. The van der Waals surface area contributed by atoms with Gasteiger partial charge in [0, 0.05) is 38.1 Å². The molecular formula is C15H29N5O2. The molecule has 0 spiro atoms. The Hall–Kier alpha value is -1.79. The lowest BCUT2D eigenvalue weighted by Crippen LogP contribution is -2.50. The second-order valence-electron chi connectivity index (χ2n) is 6.55. The molecule has 0 aromatic heterocycles. The molecule has 126 valence electrons. The van der Waals surface area contributed by atoms with Crippen molar-refractivity contribution >= 4 is 17.8 Å². The van der Waals surface area contributed by atoms with E-state index in [0.717, 1.165) is 13.0 Å². The van der Waals surface area contributed by atoms with E-state index < -0.39 is 0 Å². The molecule has 7 nitrogen and oxygen atoms in total. The Bertz CT molecular complexity index is 428. The highest BCUT2D eigenvalue weighted by Gasteiger charge is 2.25. The van der Waals surface area contributed by atoms with Gasteiger partial charge < -0.3 is 20.9 Å². The Labute approximate surface area is 132 Å². The Morgan fingerprint density at radius 1 is 1.32 bits per heavy atom.